The van der Waals surface area contributed by atoms with Crippen LogP contribution in [0.3, 0.4) is 0 Å². The molecule has 0 atom stereocenters. The van der Waals surface area contributed by atoms with Crippen LogP contribution in [0.2, 0.25) is 0 Å². The normalized spacial score (nSPS) is 11.4. The van der Waals surface area contributed by atoms with Gasteiger partial charge in [0.05, 0.1) is 12.9 Å². The average molecular weight is 458 g/mol. The minimum atomic E-state index is 0.0117. The number of methoxy groups -OCH3 is 1. The lowest BCUT2D eigenvalue weighted by molar-refractivity contribution is 0.102. The number of ether oxygens (including phenoxy) is 1. The number of carbonyl (C=O) groups excluding carboxylic acids is 1. The second-order valence-corrected chi connectivity index (χ2v) is 9.69. The Labute approximate surface area is 198 Å². The molecule has 6 heteroatoms. The SMILES string of the molecule is COc1cccc(C(=O)CSc2nnc(-c3ccc(C(C)(C)C)cc3)n2-c2ccccc2)c1. The van der Waals surface area contributed by atoms with Gasteiger partial charge in [-0.1, -0.05) is 87.1 Å². The molecule has 4 aromatic rings. The minimum absolute atomic E-state index is 0.0117. The largest absolute Gasteiger partial charge is 0.497 e. The number of thioether (sulfide) groups is 1. The Morgan fingerprint density at radius 1 is 0.939 bits per heavy atom. The van der Waals surface area contributed by atoms with Gasteiger partial charge in [0.2, 0.25) is 0 Å². The standard InChI is InChI=1S/C27H27N3O2S/c1-27(2,3)21-15-13-19(14-16-21)25-28-29-26(30(25)22-10-6-5-7-11-22)33-18-24(31)20-9-8-12-23(17-20)32-4/h5-17H,18H2,1-4H3. The molecule has 0 fully saturated rings. The fraction of sp³-hybridized carbons (Fsp3) is 0.222. The number of hydrogen-bond acceptors (Lipinski definition) is 5. The van der Waals surface area contributed by atoms with Crippen LogP contribution in [0.1, 0.15) is 36.7 Å². The predicted octanol–water partition coefficient (Wildman–Crippen LogP) is 6.22. The first-order chi connectivity index (χ1) is 15.9. The molecule has 0 N–H and O–H groups in total. The Hall–Kier alpha value is -3.38. The van der Waals surface area contributed by atoms with Crippen molar-refractivity contribution in [1.82, 2.24) is 14.8 Å². The Kier molecular flexibility index (Phi) is 6.65. The van der Waals surface area contributed by atoms with Crippen molar-refractivity contribution in [1.29, 1.82) is 0 Å². The molecule has 0 amide bonds. The van der Waals surface area contributed by atoms with Crippen LogP contribution in [0.4, 0.5) is 0 Å². The first-order valence-electron chi connectivity index (χ1n) is 10.8. The summed E-state index contributed by atoms with van der Waals surface area (Å²) in [4.78, 5) is 12.8. The van der Waals surface area contributed by atoms with Crippen molar-refractivity contribution in [3.05, 3.63) is 90.0 Å². The molecule has 0 radical (unpaired) electrons. The van der Waals surface area contributed by atoms with E-state index in [1.54, 1.807) is 19.2 Å². The van der Waals surface area contributed by atoms with Crippen LogP contribution in [-0.4, -0.2) is 33.4 Å². The Bertz CT molecular complexity index is 1240. The van der Waals surface area contributed by atoms with Gasteiger partial charge in [0.1, 0.15) is 5.75 Å². The highest BCUT2D eigenvalue weighted by Crippen LogP contribution is 2.30. The van der Waals surface area contributed by atoms with Crippen molar-refractivity contribution in [2.75, 3.05) is 12.9 Å². The quantitative estimate of drug-likeness (QED) is 0.244. The molecule has 0 saturated heterocycles. The van der Waals surface area contributed by atoms with Gasteiger partial charge in [0.25, 0.3) is 0 Å². The molecule has 5 nitrogen and oxygen atoms in total. The van der Waals surface area contributed by atoms with Crippen molar-refractivity contribution in [3.63, 3.8) is 0 Å². The molecule has 168 valence electrons. The van der Waals surface area contributed by atoms with Crippen molar-refractivity contribution >= 4 is 17.5 Å². The van der Waals surface area contributed by atoms with Crippen LogP contribution in [0.15, 0.2) is 84.0 Å². The maximum absolute atomic E-state index is 12.8. The fourth-order valence-corrected chi connectivity index (χ4v) is 4.34. The highest BCUT2D eigenvalue weighted by Gasteiger charge is 2.19. The van der Waals surface area contributed by atoms with E-state index in [0.717, 1.165) is 17.1 Å². The summed E-state index contributed by atoms with van der Waals surface area (Å²) >= 11 is 1.38. The zero-order valence-corrected chi connectivity index (χ0v) is 20.1. The smallest absolute Gasteiger partial charge is 0.196 e. The van der Waals surface area contributed by atoms with Crippen LogP contribution in [0.25, 0.3) is 17.1 Å². The summed E-state index contributed by atoms with van der Waals surface area (Å²) in [6, 6.07) is 25.6. The Morgan fingerprint density at radius 3 is 2.33 bits per heavy atom. The number of rotatable bonds is 7. The Morgan fingerprint density at radius 2 is 1.67 bits per heavy atom. The molecular weight excluding hydrogens is 430 g/mol. The predicted molar refractivity (Wildman–Crippen MR) is 134 cm³/mol. The Balaban J connectivity index is 1.65. The van der Waals surface area contributed by atoms with E-state index in [9.17, 15) is 4.79 Å². The molecule has 33 heavy (non-hydrogen) atoms. The third kappa shape index (κ3) is 5.17. The second kappa shape index (κ2) is 9.63. The zero-order chi connectivity index (χ0) is 23.4. The van der Waals surface area contributed by atoms with Gasteiger partial charge in [-0.2, -0.15) is 0 Å². The number of aromatic nitrogens is 3. The van der Waals surface area contributed by atoms with Crippen molar-refractivity contribution in [2.24, 2.45) is 0 Å². The summed E-state index contributed by atoms with van der Waals surface area (Å²) in [5.74, 6) is 1.68. The maximum Gasteiger partial charge on any atom is 0.196 e. The maximum atomic E-state index is 12.8. The summed E-state index contributed by atoms with van der Waals surface area (Å²) in [5.41, 5.74) is 3.88. The van der Waals surface area contributed by atoms with Crippen LogP contribution in [0, 0.1) is 0 Å². The van der Waals surface area contributed by atoms with Gasteiger partial charge in [-0.3, -0.25) is 9.36 Å². The summed E-state index contributed by atoms with van der Waals surface area (Å²) in [7, 11) is 1.59. The third-order valence-corrected chi connectivity index (χ3v) is 6.31. The van der Waals surface area contributed by atoms with Crippen molar-refractivity contribution < 1.29 is 9.53 Å². The van der Waals surface area contributed by atoms with E-state index in [2.05, 4.69) is 55.2 Å². The average Bonchev–Trinajstić information content (AvgIpc) is 3.26. The molecule has 1 heterocycles. The lowest BCUT2D eigenvalue weighted by Gasteiger charge is -2.19. The van der Waals surface area contributed by atoms with E-state index in [0.29, 0.717) is 16.5 Å². The molecule has 0 unspecified atom stereocenters. The summed E-state index contributed by atoms with van der Waals surface area (Å²) in [6.45, 7) is 6.59. The molecule has 0 saturated carbocycles. The molecule has 0 aliphatic carbocycles. The topological polar surface area (TPSA) is 57.0 Å². The molecule has 4 rings (SSSR count). The molecule has 0 aliphatic rings. The van der Waals surface area contributed by atoms with E-state index in [-0.39, 0.29) is 17.0 Å². The van der Waals surface area contributed by atoms with Gasteiger partial charge < -0.3 is 4.74 Å². The molecule has 3 aromatic carbocycles. The van der Waals surface area contributed by atoms with Crippen molar-refractivity contribution in [3.8, 4) is 22.8 Å². The second-order valence-electron chi connectivity index (χ2n) is 8.75. The number of para-hydroxylation sites is 1. The van der Waals surface area contributed by atoms with Crippen LogP contribution in [-0.2, 0) is 5.41 Å². The summed E-state index contributed by atoms with van der Waals surface area (Å²) in [6.07, 6.45) is 0. The summed E-state index contributed by atoms with van der Waals surface area (Å²) in [5, 5.41) is 9.61. The van der Waals surface area contributed by atoms with Gasteiger partial charge in [0, 0.05) is 16.8 Å². The first-order valence-corrected chi connectivity index (χ1v) is 11.8. The van der Waals surface area contributed by atoms with Gasteiger partial charge >= 0.3 is 0 Å². The summed E-state index contributed by atoms with van der Waals surface area (Å²) < 4.78 is 7.25. The van der Waals surface area contributed by atoms with E-state index < -0.39 is 0 Å². The van der Waals surface area contributed by atoms with Crippen LogP contribution < -0.4 is 4.74 Å². The van der Waals surface area contributed by atoms with E-state index in [1.165, 1.54) is 17.3 Å². The van der Waals surface area contributed by atoms with Gasteiger partial charge in [-0.15, -0.1) is 10.2 Å². The highest BCUT2D eigenvalue weighted by atomic mass is 32.2. The number of Topliss-reactive ketones (excluding diaryl/α,β-unsaturated/α-hetero) is 1. The monoisotopic (exact) mass is 457 g/mol. The number of hydrogen-bond donors (Lipinski definition) is 0. The van der Waals surface area contributed by atoms with Crippen LogP contribution in [0.5, 0.6) is 5.75 Å². The zero-order valence-electron chi connectivity index (χ0n) is 19.3. The number of benzene rings is 3. The third-order valence-electron chi connectivity index (χ3n) is 5.38. The lowest BCUT2D eigenvalue weighted by Crippen LogP contribution is -2.10. The number of nitrogens with zero attached hydrogens (tertiary/aromatic N) is 3. The van der Waals surface area contributed by atoms with E-state index in [1.807, 2.05) is 47.0 Å². The van der Waals surface area contributed by atoms with Gasteiger partial charge in [-0.05, 0) is 35.2 Å². The minimum Gasteiger partial charge on any atom is -0.497 e. The van der Waals surface area contributed by atoms with E-state index >= 15 is 0 Å². The van der Waals surface area contributed by atoms with Crippen LogP contribution >= 0.6 is 11.8 Å². The van der Waals surface area contributed by atoms with Crippen molar-refractivity contribution in [2.45, 2.75) is 31.3 Å². The molecule has 0 aliphatic heterocycles. The molecule has 1 aromatic heterocycles. The molecular formula is C27H27N3O2S. The fourth-order valence-electron chi connectivity index (χ4n) is 3.49. The number of ketones is 1. The number of carbonyl (C=O) groups is 1. The lowest BCUT2D eigenvalue weighted by atomic mass is 9.87. The van der Waals surface area contributed by atoms with E-state index in [4.69, 9.17) is 4.74 Å². The van der Waals surface area contributed by atoms with Gasteiger partial charge in [-0.25, -0.2) is 0 Å². The molecule has 0 bridgehead atoms. The van der Waals surface area contributed by atoms with Gasteiger partial charge in [0.15, 0.2) is 16.8 Å². The first kappa shape index (κ1) is 22.8. The molecule has 0 spiro atoms. The highest BCUT2D eigenvalue weighted by molar-refractivity contribution is 7.99.